The van der Waals surface area contributed by atoms with Gasteiger partial charge in [0.2, 0.25) is 23.8 Å². The fourth-order valence-electron chi connectivity index (χ4n) is 12.9. The summed E-state index contributed by atoms with van der Waals surface area (Å²) in [6.45, 7) is 6.87. The van der Waals surface area contributed by atoms with Crippen LogP contribution >= 0.6 is 0 Å². The Morgan fingerprint density at radius 2 is 0.827 bits per heavy atom. The van der Waals surface area contributed by atoms with Gasteiger partial charge in [0.15, 0.2) is 36.8 Å². The van der Waals surface area contributed by atoms with Crippen LogP contribution in [0.25, 0.3) is 34.4 Å². The van der Waals surface area contributed by atoms with Crippen LogP contribution in [0.2, 0.25) is 0 Å². The third kappa shape index (κ3) is 16.8. The van der Waals surface area contributed by atoms with Crippen LogP contribution in [-0.2, 0) is 61.7 Å². The molecule has 6 aliphatic rings. The highest BCUT2D eigenvalue weighted by molar-refractivity contribution is 5.89. The van der Waals surface area contributed by atoms with Gasteiger partial charge in [0.1, 0.15) is 137 Å². The molecule has 11 rings (SSSR count). The summed E-state index contributed by atoms with van der Waals surface area (Å²) in [5, 5.41) is 186. The van der Waals surface area contributed by atoms with Crippen molar-refractivity contribution in [3.8, 4) is 45.8 Å². The maximum atomic E-state index is 15.5. The standard InChI is InChI=1S/C70H84O34/c1-26-45(77)52(84)49(81)39(91-26)20-21-40-50(82)62(102-67-56(88)54(86)47(79)28(3)93-67)65(100-43(76)23-11-32-8-16-35(72)17-9-32)70(98-40)104-63-51(83)44-38(74)24-37(25-41(44)97-60(63)33-12-18-36(73)19-13-33)96-68-58(90)64(59(30(5)95-68)99-42(75)22-10-31-6-14-34(71)15-7-31)103-69-57(89)61(48(80)29(4)94-69)101-66-55(87)53(85)46(78)27(2)92-66/h6-19,22-30,39-40,45-50,52-59,61-62,64-74,77-82,84-90H,20-21H2,1-5H3/b22-10-,23-11+/t26-,27-,28-,29-,30-,39+,40-,45-,46-,47-,48-,49+,50+,52+,53+,54+,55-,56-,57-,58+,59-,61+,62-,64-,65+,66+,67+,68-,69-,70+/m0/s1. The van der Waals surface area contributed by atoms with Crippen molar-refractivity contribution in [2.24, 2.45) is 0 Å². The fourth-order valence-corrected chi connectivity index (χ4v) is 12.9. The number of aliphatic hydroxyl groups is 13. The van der Waals surface area contributed by atoms with Gasteiger partial charge in [-0.25, -0.2) is 9.59 Å². The number of carbonyl (C=O) groups excluding carboxylic acids is 2. The summed E-state index contributed by atoms with van der Waals surface area (Å²) in [5.41, 5.74) is -0.921. The molecular weight excluding hydrogens is 1380 g/mol. The summed E-state index contributed by atoms with van der Waals surface area (Å²) in [4.78, 5) is 43.3. The lowest BCUT2D eigenvalue weighted by atomic mass is 9.89. The molecule has 0 amide bonds. The Balaban J connectivity index is 0.946. The lowest BCUT2D eigenvalue weighted by molar-refractivity contribution is -0.372. The van der Waals surface area contributed by atoms with Crippen LogP contribution in [-0.4, -0.2) is 283 Å². The molecule has 0 bridgehead atoms. The monoisotopic (exact) mass is 1470 g/mol. The molecule has 0 aliphatic carbocycles. The van der Waals surface area contributed by atoms with Crippen molar-refractivity contribution in [1.29, 1.82) is 0 Å². The highest BCUT2D eigenvalue weighted by Crippen LogP contribution is 2.42. The highest BCUT2D eigenvalue weighted by atomic mass is 16.8. The molecule has 7 heterocycles. The van der Waals surface area contributed by atoms with Gasteiger partial charge in [-0.1, -0.05) is 24.3 Å². The number of ether oxygens (including phenoxy) is 13. The van der Waals surface area contributed by atoms with E-state index in [1.807, 2.05) is 0 Å². The smallest absolute Gasteiger partial charge is 0.331 e. The zero-order valence-electron chi connectivity index (χ0n) is 56.2. The molecule has 104 heavy (non-hydrogen) atoms. The van der Waals surface area contributed by atoms with Gasteiger partial charge in [-0.05, 0) is 119 Å². The van der Waals surface area contributed by atoms with Crippen LogP contribution in [0, 0.1) is 0 Å². The van der Waals surface area contributed by atoms with E-state index in [-0.39, 0.29) is 35.7 Å². The number of hydrogen-bond acceptors (Lipinski definition) is 34. The van der Waals surface area contributed by atoms with Crippen LogP contribution in [0.4, 0.5) is 0 Å². The van der Waals surface area contributed by atoms with E-state index in [1.165, 1.54) is 120 Å². The molecule has 30 atom stereocenters. The first-order valence-electron chi connectivity index (χ1n) is 33.4. The fraction of sp³-hybridized carbons (Fsp3) is 0.529. The van der Waals surface area contributed by atoms with Crippen LogP contribution in [0.5, 0.6) is 34.5 Å². The van der Waals surface area contributed by atoms with E-state index in [2.05, 4.69) is 0 Å². The average molecular weight is 1470 g/mol. The van der Waals surface area contributed by atoms with Gasteiger partial charge in [0.05, 0.1) is 42.7 Å². The van der Waals surface area contributed by atoms with E-state index >= 15 is 4.79 Å². The van der Waals surface area contributed by atoms with Gasteiger partial charge in [-0.15, -0.1) is 0 Å². The SMILES string of the molecule is C[C@@H]1O[C@H](CC[C@@H]2O[C@H](Oc3c(-c4ccc(O)cc4)oc4cc(O[C@@H]5O[C@@H](C)[C@H](OC(=O)/C=C\c6ccc(O)cc6)[C@@H](O[C@@H]6O[C@@H](C)[C@H](O)[C@@H](O[C@H]7O[C@@H](C)[C@H](O)[C@@H](O)[C@@H]7O)[C@@H]6O)[C@H]5O)cc(O)c4c3=O)[C@H](OC(=O)/C=C/c3ccc(O)cc3)[C@@H](O[C@H]3O[C@@H](C)[C@H](O)[C@@H](O)[C@@H]3O)[C@@H]2O)[C@@H](O)[C@H](O)[C@H]1O. The first kappa shape index (κ1) is 77.5. The predicted octanol–water partition coefficient (Wildman–Crippen LogP) is -1.59. The van der Waals surface area contributed by atoms with E-state index in [1.54, 1.807) is 0 Å². The van der Waals surface area contributed by atoms with Crippen molar-refractivity contribution in [3.05, 3.63) is 118 Å². The predicted molar refractivity (Wildman–Crippen MR) is 349 cm³/mol. The second kappa shape index (κ2) is 32.7. The third-order valence-corrected chi connectivity index (χ3v) is 19.0. The molecule has 6 aliphatic heterocycles. The molecule has 0 radical (unpaired) electrons. The quantitative estimate of drug-likeness (QED) is 0.0308. The van der Waals surface area contributed by atoms with Crippen molar-refractivity contribution in [2.45, 2.75) is 232 Å². The second-order valence-electron chi connectivity index (χ2n) is 26.4. The van der Waals surface area contributed by atoms with E-state index in [0.29, 0.717) is 11.1 Å². The molecule has 568 valence electrons. The van der Waals surface area contributed by atoms with Gasteiger partial charge < -0.3 is 153 Å². The Bertz CT molecular complexity index is 3860. The Morgan fingerprint density at radius 3 is 1.36 bits per heavy atom. The van der Waals surface area contributed by atoms with Crippen LogP contribution < -0.4 is 14.9 Å². The minimum absolute atomic E-state index is 0.0416. The van der Waals surface area contributed by atoms with Crippen molar-refractivity contribution < 1.29 is 162 Å². The first-order valence-corrected chi connectivity index (χ1v) is 33.4. The summed E-state index contributed by atoms with van der Waals surface area (Å²) in [5.74, 6) is -5.35. The summed E-state index contributed by atoms with van der Waals surface area (Å²) >= 11 is 0. The normalized spacial score (nSPS) is 38.4. The van der Waals surface area contributed by atoms with Crippen LogP contribution in [0.1, 0.15) is 58.6 Å². The number of fused-ring (bicyclic) bond motifs is 1. The van der Waals surface area contributed by atoms with E-state index < -0.39 is 235 Å². The molecule has 5 aromatic rings. The van der Waals surface area contributed by atoms with Crippen molar-refractivity contribution >= 4 is 35.1 Å². The minimum Gasteiger partial charge on any atom is -0.508 e. The molecule has 0 saturated carbocycles. The molecule has 34 heteroatoms. The van der Waals surface area contributed by atoms with E-state index in [9.17, 15) is 96.4 Å². The largest absolute Gasteiger partial charge is 0.508 e. The number of rotatable bonds is 20. The number of esters is 2. The lowest BCUT2D eigenvalue weighted by Gasteiger charge is -2.48. The maximum Gasteiger partial charge on any atom is 0.331 e. The Labute approximate surface area is 591 Å². The Morgan fingerprint density at radius 1 is 0.404 bits per heavy atom. The van der Waals surface area contributed by atoms with E-state index in [0.717, 1.165) is 24.3 Å². The van der Waals surface area contributed by atoms with Gasteiger partial charge in [-0.2, -0.15) is 0 Å². The molecule has 34 nitrogen and oxygen atoms in total. The number of phenols is 4. The summed E-state index contributed by atoms with van der Waals surface area (Å²) in [6, 6.07) is 18.2. The molecule has 6 fully saturated rings. The first-order chi connectivity index (χ1) is 49.3. The maximum absolute atomic E-state index is 15.5. The number of aliphatic hydroxyl groups excluding tert-OH is 13. The van der Waals surface area contributed by atoms with E-state index in [4.69, 9.17) is 66.0 Å². The number of carbonyl (C=O) groups is 2. The molecule has 1 aromatic heterocycles. The average Bonchev–Trinajstić information content (AvgIpc) is 0.752. The number of phenolic OH excluding ortho intramolecular Hbond substituents is 4. The van der Waals surface area contributed by atoms with Gasteiger partial charge in [-0.3, -0.25) is 4.79 Å². The molecule has 0 unspecified atom stereocenters. The minimum atomic E-state index is -2.17. The highest BCUT2D eigenvalue weighted by Gasteiger charge is 2.57. The Kier molecular flexibility index (Phi) is 24.3. The van der Waals surface area contributed by atoms with Crippen molar-refractivity contribution in [1.82, 2.24) is 0 Å². The zero-order valence-corrected chi connectivity index (χ0v) is 56.2. The number of benzene rings is 4. The van der Waals surface area contributed by atoms with Crippen molar-refractivity contribution in [3.63, 3.8) is 0 Å². The molecule has 17 N–H and O–H groups in total. The molecular formula is C70H84O34. The summed E-state index contributed by atoms with van der Waals surface area (Å²) < 4.78 is 85.0. The van der Waals surface area contributed by atoms with Gasteiger partial charge >= 0.3 is 11.9 Å². The second-order valence-corrected chi connectivity index (χ2v) is 26.4. The van der Waals surface area contributed by atoms with Crippen LogP contribution in [0.15, 0.2) is 106 Å². The third-order valence-electron chi connectivity index (χ3n) is 19.0. The van der Waals surface area contributed by atoms with Gasteiger partial charge in [0, 0.05) is 29.8 Å². The van der Waals surface area contributed by atoms with Crippen molar-refractivity contribution in [2.75, 3.05) is 0 Å². The zero-order chi connectivity index (χ0) is 75.0. The summed E-state index contributed by atoms with van der Waals surface area (Å²) in [6.07, 6.45) is -47.4. The molecule has 6 saturated heterocycles. The Hall–Kier alpha value is -7.57. The topological polar surface area (TPSA) is 528 Å². The van der Waals surface area contributed by atoms with Gasteiger partial charge in [0.25, 0.3) is 0 Å². The number of aromatic hydroxyl groups is 4. The number of hydrogen-bond donors (Lipinski definition) is 17. The molecule has 0 spiro atoms. The summed E-state index contributed by atoms with van der Waals surface area (Å²) in [7, 11) is 0. The van der Waals surface area contributed by atoms with Crippen LogP contribution in [0.3, 0.4) is 0 Å². The lowest BCUT2D eigenvalue weighted by Crippen LogP contribution is -2.66. The molecule has 4 aromatic carbocycles.